The summed E-state index contributed by atoms with van der Waals surface area (Å²) in [6.07, 6.45) is 5.11. The molecule has 0 atom stereocenters. The second kappa shape index (κ2) is 7.61. The highest BCUT2D eigenvalue weighted by atomic mass is 16.5. The number of aliphatic carboxylic acids is 1. The van der Waals surface area contributed by atoms with Gasteiger partial charge in [0.15, 0.2) is 0 Å². The number of hydrogen-bond donors (Lipinski definition) is 3. The standard InChI is InChI=1S/C14H25N3O4/c18-12(19)10-14(4-2-1-3-5-14)11-15-13(20)16-17-6-8-21-9-7-17/h1-11H2,(H,18,19)(H2,15,16,20). The van der Waals surface area contributed by atoms with Crippen molar-refractivity contribution in [3.05, 3.63) is 0 Å². The molecule has 0 spiro atoms. The molecule has 2 rings (SSSR count). The SMILES string of the molecule is O=C(O)CC1(CNC(=O)NN2CCOCC2)CCCCC1. The third-order valence-electron chi connectivity index (χ3n) is 4.34. The molecule has 1 aliphatic heterocycles. The van der Waals surface area contributed by atoms with E-state index in [1.165, 1.54) is 0 Å². The van der Waals surface area contributed by atoms with Gasteiger partial charge in [-0.1, -0.05) is 19.3 Å². The van der Waals surface area contributed by atoms with Gasteiger partial charge in [-0.15, -0.1) is 0 Å². The molecular formula is C14H25N3O4. The van der Waals surface area contributed by atoms with Crippen LogP contribution in [0.5, 0.6) is 0 Å². The lowest BCUT2D eigenvalue weighted by molar-refractivity contribution is -0.140. The van der Waals surface area contributed by atoms with Crippen LogP contribution in [0, 0.1) is 5.41 Å². The molecule has 2 amide bonds. The highest BCUT2D eigenvalue weighted by molar-refractivity contribution is 5.73. The first-order valence-electron chi connectivity index (χ1n) is 7.69. The number of hydrazine groups is 1. The zero-order valence-corrected chi connectivity index (χ0v) is 12.4. The smallest absolute Gasteiger partial charge is 0.329 e. The van der Waals surface area contributed by atoms with Crippen molar-refractivity contribution >= 4 is 12.0 Å². The number of rotatable bonds is 5. The summed E-state index contributed by atoms with van der Waals surface area (Å²) >= 11 is 0. The minimum Gasteiger partial charge on any atom is -0.481 e. The Morgan fingerprint density at radius 1 is 1.14 bits per heavy atom. The summed E-state index contributed by atoms with van der Waals surface area (Å²) < 4.78 is 5.22. The van der Waals surface area contributed by atoms with Gasteiger partial charge in [-0.05, 0) is 18.3 Å². The summed E-state index contributed by atoms with van der Waals surface area (Å²) in [6.45, 7) is 3.00. The molecule has 120 valence electrons. The Bertz CT molecular complexity index is 363. The maximum Gasteiger partial charge on any atom is 0.329 e. The third-order valence-corrected chi connectivity index (χ3v) is 4.34. The zero-order valence-electron chi connectivity index (χ0n) is 12.4. The Morgan fingerprint density at radius 2 is 1.81 bits per heavy atom. The molecule has 0 aromatic rings. The van der Waals surface area contributed by atoms with Crippen molar-refractivity contribution in [2.24, 2.45) is 5.41 Å². The summed E-state index contributed by atoms with van der Waals surface area (Å²) in [5, 5.41) is 13.8. The summed E-state index contributed by atoms with van der Waals surface area (Å²) in [7, 11) is 0. The Kier molecular flexibility index (Phi) is 5.81. The molecule has 7 nitrogen and oxygen atoms in total. The molecule has 2 aliphatic rings. The number of amides is 2. The molecule has 2 fully saturated rings. The molecule has 0 unspecified atom stereocenters. The molecule has 1 saturated carbocycles. The van der Waals surface area contributed by atoms with Gasteiger partial charge in [0.1, 0.15) is 0 Å². The van der Waals surface area contributed by atoms with Crippen LogP contribution in [0.4, 0.5) is 4.79 Å². The van der Waals surface area contributed by atoms with E-state index in [9.17, 15) is 9.59 Å². The van der Waals surface area contributed by atoms with Crippen LogP contribution in [0.15, 0.2) is 0 Å². The Balaban J connectivity index is 1.79. The van der Waals surface area contributed by atoms with E-state index in [0.29, 0.717) is 32.8 Å². The van der Waals surface area contributed by atoms with Crippen LogP contribution in [0.1, 0.15) is 38.5 Å². The average Bonchev–Trinajstić information content (AvgIpc) is 2.47. The van der Waals surface area contributed by atoms with E-state index >= 15 is 0 Å². The second-order valence-corrected chi connectivity index (χ2v) is 6.03. The van der Waals surface area contributed by atoms with Crippen molar-refractivity contribution < 1.29 is 19.4 Å². The zero-order chi connectivity index (χ0) is 15.1. The highest BCUT2D eigenvalue weighted by Crippen LogP contribution is 2.38. The lowest BCUT2D eigenvalue weighted by Crippen LogP contribution is -2.53. The van der Waals surface area contributed by atoms with Gasteiger partial charge in [-0.3, -0.25) is 10.2 Å². The molecule has 0 radical (unpaired) electrons. The predicted octanol–water partition coefficient (Wildman–Crippen LogP) is 0.958. The summed E-state index contributed by atoms with van der Waals surface area (Å²) in [4.78, 5) is 23.0. The monoisotopic (exact) mass is 299 g/mol. The Labute approximate surface area is 125 Å². The summed E-state index contributed by atoms with van der Waals surface area (Å²) in [5.74, 6) is -0.785. The Hall–Kier alpha value is -1.34. The number of carbonyl (C=O) groups excluding carboxylic acids is 1. The van der Waals surface area contributed by atoms with E-state index in [4.69, 9.17) is 9.84 Å². The van der Waals surface area contributed by atoms with E-state index in [1.54, 1.807) is 0 Å². The van der Waals surface area contributed by atoms with Gasteiger partial charge in [0, 0.05) is 19.6 Å². The van der Waals surface area contributed by atoms with Crippen LogP contribution >= 0.6 is 0 Å². The summed E-state index contributed by atoms with van der Waals surface area (Å²) in [6, 6.07) is -0.257. The van der Waals surface area contributed by atoms with E-state index < -0.39 is 5.97 Å². The quantitative estimate of drug-likeness (QED) is 0.703. The van der Waals surface area contributed by atoms with Crippen LogP contribution in [0.2, 0.25) is 0 Å². The minimum absolute atomic E-state index is 0.130. The molecule has 3 N–H and O–H groups in total. The molecule has 0 aromatic carbocycles. The predicted molar refractivity (Wildman–Crippen MR) is 76.7 cm³/mol. The number of urea groups is 1. The number of hydrogen-bond acceptors (Lipinski definition) is 4. The van der Waals surface area contributed by atoms with Crippen molar-refractivity contribution in [1.29, 1.82) is 0 Å². The first-order chi connectivity index (χ1) is 10.1. The number of carboxylic acids is 1. The van der Waals surface area contributed by atoms with Crippen molar-refractivity contribution in [3.63, 3.8) is 0 Å². The topological polar surface area (TPSA) is 90.9 Å². The van der Waals surface area contributed by atoms with E-state index in [1.807, 2.05) is 5.01 Å². The van der Waals surface area contributed by atoms with Gasteiger partial charge in [0.05, 0.1) is 19.6 Å². The van der Waals surface area contributed by atoms with E-state index in [2.05, 4.69) is 10.7 Å². The molecule has 21 heavy (non-hydrogen) atoms. The van der Waals surface area contributed by atoms with Gasteiger partial charge in [-0.2, -0.15) is 0 Å². The molecule has 0 aromatic heterocycles. The van der Waals surface area contributed by atoms with Crippen LogP contribution in [0.25, 0.3) is 0 Å². The number of nitrogens with zero attached hydrogens (tertiary/aromatic N) is 1. The minimum atomic E-state index is -0.785. The molecule has 1 saturated heterocycles. The fourth-order valence-electron chi connectivity index (χ4n) is 3.16. The maximum absolute atomic E-state index is 11.9. The second-order valence-electron chi connectivity index (χ2n) is 6.03. The molecular weight excluding hydrogens is 274 g/mol. The molecule has 1 heterocycles. The number of carbonyl (C=O) groups is 2. The van der Waals surface area contributed by atoms with Gasteiger partial charge in [0.2, 0.25) is 0 Å². The van der Waals surface area contributed by atoms with Crippen molar-refractivity contribution in [3.8, 4) is 0 Å². The lowest BCUT2D eigenvalue weighted by Gasteiger charge is -2.36. The number of nitrogens with one attached hydrogen (secondary N) is 2. The van der Waals surface area contributed by atoms with Crippen molar-refractivity contribution in [2.45, 2.75) is 38.5 Å². The summed E-state index contributed by atoms with van der Waals surface area (Å²) in [5.41, 5.74) is 2.50. The maximum atomic E-state index is 11.9. The molecule has 0 bridgehead atoms. The highest BCUT2D eigenvalue weighted by Gasteiger charge is 2.34. The van der Waals surface area contributed by atoms with Crippen LogP contribution < -0.4 is 10.7 Å². The van der Waals surface area contributed by atoms with Gasteiger partial charge in [-0.25, -0.2) is 9.80 Å². The first-order valence-corrected chi connectivity index (χ1v) is 7.69. The van der Waals surface area contributed by atoms with Crippen LogP contribution in [0.3, 0.4) is 0 Å². The average molecular weight is 299 g/mol. The van der Waals surface area contributed by atoms with Crippen LogP contribution in [-0.4, -0.2) is 55.0 Å². The largest absolute Gasteiger partial charge is 0.481 e. The first kappa shape index (κ1) is 16.0. The molecule has 1 aliphatic carbocycles. The normalized spacial score (nSPS) is 22.5. The van der Waals surface area contributed by atoms with Gasteiger partial charge < -0.3 is 15.2 Å². The van der Waals surface area contributed by atoms with Gasteiger partial charge >= 0.3 is 12.0 Å². The van der Waals surface area contributed by atoms with Crippen molar-refractivity contribution in [1.82, 2.24) is 15.8 Å². The fourth-order valence-corrected chi connectivity index (χ4v) is 3.16. The number of carboxylic acid groups (broad SMARTS) is 1. The third kappa shape index (κ3) is 5.17. The van der Waals surface area contributed by atoms with Gasteiger partial charge in [0.25, 0.3) is 0 Å². The van der Waals surface area contributed by atoms with Crippen molar-refractivity contribution in [2.75, 3.05) is 32.8 Å². The van der Waals surface area contributed by atoms with Crippen LogP contribution in [-0.2, 0) is 9.53 Å². The lowest BCUT2D eigenvalue weighted by atomic mass is 9.72. The number of morpholine rings is 1. The van der Waals surface area contributed by atoms with E-state index in [-0.39, 0.29) is 17.9 Å². The molecule has 7 heteroatoms. The van der Waals surface area contributed by atoms with E-state index in [0.717, 1.165) is 32.1 Å². The number of ether oxygens (including phenoxy) is 1. The Morgan fingerprint density at radius 3 is 2.43 bits per heavy atom. The fraction of sp³-hybridized carbons (Fsp3) is 0.857.